The monoisotopic (exact) mass is 491 g/mol. The number of nitrogens with zero attached hydrogens (tertiary/aromatic N) is 4. The number of urea groups is 1. The van der Waals surface area contributed by atoms with Crippen molar-refractivity contribution in [3.63, 3.8) is 0 Å². The minimum absolute atomic E-state index is 0.0873. The molecule has 3 rings (SSSR count). The van der Waals surface area contributed by atoms with Crippen molar-refractivity contribution in [1.82, 2.24) is 20.3 Å². The number of piperidine rings is 1. The molecule has 0 aliphatic carbocycles. The molecule has 3 heterocycles. The highest BCUT2D eigenvalue weighted by molar-refractivity contribution is 7.80. The van der Waals surface area contributed by atoms with Crippen LogP contribution in [0.1, 0.15) is 47.0 Å². The lowest BCUT2D eigenvalue weighted by atomic mass is 10.0. The number of amidine groups is 1. The first-order valence-electron chi connectivity index (χ1n) is 10.5. The average Bonchev–Trinajstić information content (AvgIpc) is 3.23. The van der Waals surface area contributed by atoms with Crippen molar-refractivity contribution in [2.45, 2.75) is 70.7 Å². The minimum atomic E-state index is -4.86. The maximum atomic E-state index is 12.6. The molecular formula is C18H29N5O9S. The van der Waals surface area contributed by atoms with Gasteiger partial charge in [-0.2, -0.15) is 18.5 Å². The summed E-state index contributed by atoms with van der Waals surface area (Å²) in [5.74, 6) is -0.0744. The van der Waals surface area contributed by atoms with E-state index in [0.29, 0.717) is 36.8 Å². The Bertz CT molecular complexity index is 932. The van der Waals surface area contributed by atoms with Gasteiger partial charge in [0.05, 0.1) is 6.04 Å². The molecule has 186 valence electrons. The second-order valence-corrected chi connectivity index (χ2v) is 10.1. The lowest BCUT2D eigenvalue weighted by molar-refractivity contribution is -0.143. The van der Waals surface area contributed by atoms with E-state index in [1.54, 1.807) is 27.7 Å². The molecule has 0 saturated carbocycles. The number of nitrogens with one attached hydrogen (secondary N) is 1. The van der Waals surface area contributed by atoms with Crippen LogP contribution < -0.4 is 5.48 Å². The summed E-state index contributed by atoms with van der Waals surface area (Å²) in [6, 6.07) is -2.27. The highest BCUT2D eigenvalue weighted by atomic mass is 32.3. The van der Waals surface area contributed by atoms with E-state index in [1.807, 2.05) is 4.90 Å². The summed E-state index contributed by atoms with van der Waals surface area (Å²) in [6.45, 7) is 7.98. The zero-order valence-corrected chi connectivity index (χ0v) is 19.7. The fourth-order valence-corrected chi connectivity index (χ4v) is 4.31. The van der Waals surface area contributed by atoms with Crippen molar-refractivity contribution in [2.24, 2.45) is 4.99 Å². The summed E-state index contributed by atoms with van der Waals surface area (Å²) in [5.41, 5.74) is 1.73. The summed E-state index contributed by atoms with van der Waals surface area (Å²) in [6.07, 6.45) is 0.119. The van der Waals surface area contributed by atoms with Gasteiger partial charge in [0.25, 0.3) is 5.91 Å². The van der Waals surface area contributed by atoms with Gasteiger partial charge in [-0.05, 0) is 47.0 Å². The third kappa shape index (κ3) is 6.52. The van der Waals surface area contributed by atoms with Gasteiger partial charge in [-0.15, -0.1) is 4.28 Å². The zero-order valence-electron chi connectivity index (χ0n) is 18.9. The number of rotatable bonds is 5. The maximum Gasteiger partial charge on any atom is 0.435 e. The molecule has 0 aromatic carbocycles. The fraction of sp³-hybridized carbons (Fsp3) is 0.778. The normalized spacial score (nSPS) is 26.1. The molecular weight excluding hydrogens is 462 g/mol. The third-order valence-corrected chi connectivity index (χ3v) is 5.72. The van der Waals surface area contributed by atoms with Crippen molar-refractivity contribution >= 4 is 34.3 Å². The van der Waals surface area contributed by atoms with E-state index < -0.39 is 46.1 Å². The Labute approximate surface area is 191 Å². The second kappa shape index (κ2) is 9.40. The van der Waals surface area contributed by atoms with E-state index in [1.165, 1.54) is 4.90 Å². The predicted octanol–water partition coefficient (Wildman–Crippen LogP) is 0.465. The van der Waals surface area contributed by atoms with Crippen LogP contribution in [0.5, 0.6) is 0 Å². The molecule has 3 atom stereocenters. The van der Waals surface area contributed by atoms with Gasteiger partial charge in [-0.25, -0.2) is 15.1 Å². The number of fused-ring (bicyclic) bond motifs is 2. The zero-order chi connectivity index (χ0) is 24.6. The predicted molar refractivity (Wildman–Crippen MR) is 112 cm³/mol. The molecule has 0 spiro atoms. The van der Waals surface area contributed by atoms with Gasteiger partial charge < -0.3 is 14.5 Å². The van der Waals surface area contributed by atoms with Gasteiger partial charge in [0.15, 0.2) is 0 Å². The number of hydrogen-bond donors (Lipinski definition) is 2. The van der Waals surface area contributed by atoms with Gasteiger partial charge in [-0.3, -0.25) is 14.2 Å². The molecule has 3 fully saturated rings. The molecule has 33 heavy (non-hydrogen) atoms. The Hall–Kier alpha value is -2.49. The van der Waals surface area contributed by atoms with E-state index in [2.05, 4.69) is 14.8 Å². The first-order chi connectivity index (χ1) is 15.2. The average molecular weight is 492 g/mol. The largest absolute Gasteiger partial charge is 0.442 e. The van der Waals surface area contributed by atoms with Crippen LogP contribution in [0, 0.1) is 0 Å². The van der Waals surface area contributed by atoms with Crippen molar-refractivity contribution in [3.05, 3.63) is 0 Å². The smallest absolute Gasteiger partial charge is 0.435 e. The molecule has 4 amide bonds. The summed E-state index contributed by atoms with van der Waals surface area (Å²) in [5, 5.41) is 0.575. The molecule has 3 aliphatic heterocycles. The summed E-state index contributed by atoms with van der Waals surface area (Å²) < 4.78 is 40.3. The Balaban J connectivity index is 1.49. The number of ether oxygens (including phenoxy) is 1. The Morgan fingerprint density at radius 3 is 2.52 bits per heavy atom. The molecule has 15 heteroatoms. The van der Waals surface area contributed by atoms with Crippen LogP contribution in [-0.4, -0.2) is 95.1 Å². The van der Waals surface area contributed by atoms with Gasteiger partial charge in [-0.1, -0.05) is 0 Å². The van der Waals surface area contributed by atoms with Crippen LogP contribution >= 0.6 is 0 Å². The molecule has 0 unspecified atom stereocenters. The molecule has 3 aliphatic rings. The van der Waals surface area contributed by atoms with Crippen molar-refractivity contribution < 1.29 is 41.2 Å². The summed E-state index contributed by atoms with van der Waals surface area (Å²) in [7, 11) is -4.86. The molecule has 3 saturated heterocycles. The number of amides is 4. The van der Waals surface area contributed by atoms with E-state index in [4.69, 9.17) is 14.1 Å². The molecule has 0 radical (unpaired) electrons. The number of carbonyl (C=O) groups is 3. The summed E-state index contributed by atoms with van der Waals surface area (Å²) >= 11 is 0. The molecule has 2 bridgehead atoms. The Morgan fingerprint density at radius 2 is 1.88 bits per heavy atom. The molecule has 0 aromatic heterocycles. The molecule has 0 aromatic rings. The van der Waals surface area contributed by atoms with Crippen molar-refractivity contribution in [1.29, 1.82) is 0 Å². The lowest BCUT2D eigenvalue weighted by Gasteiger charge is -2.29. The quantitative estimate of drug-likeness (QED) is 0.239. The van der Waals surface area contributed by atoms with Gasteiger partial charge in [0, 0.05) is 19.6 Å². The Kier molecular flexibility index (Phi) is 7.16. The minimum Gasteiger partial charge on any atom is -0.442 e. The molecule has 14 nitrogen and oxygen atoms in total. The van der Waals surface area contributed by atoms with Crippen LogP contribution in [0.25, 0.3) is 0 Å². The van der Waals surface area contributed by atoms with Crippen molar-refractivity contribution in [2.75, 3.05) is 19.6 Å². The van der Waals surface area contributed by atoms with Crippen LogP contribution in [0.2, 0.25) is 0 Å². The topological polar surface area (TPSA) is 167 Å². The summed E-state index contributed by atoms with van der Waals surface area (Å²) in [4.78, 5) is 49.3. The highest BCUT2D eigenvalue weighted by Gasteiger charge is 2.49. The van der Waals surface area contributed by atoms with E-state index in [-0.39, 0.29) is 19.1 Å². The standard InChI is InChI=1S/C18H29N5O9S/c1-11(19-16(25)30-18(2,3)4)21-8-7-13(10-21)31-20-15(24)14-6-5-12-9-22(14)17(26)23(12)32-33(27,28)29/h12-14H,5-10H2,1-4H3,(H,20,24)(H,27,28,29)/b19-11+/t12-,13+,14+/m1/s1. The number of likely N-dealkylation sites (tertiary alicyclic amines) is 1. The van der Waals surface area contributed by atoms with E-state index in [0.717, 1.165) is 0 Å². The van der Waals surface area contributed by atoms with E-state index in [9.17, 15) is 22.8 Å². The van der Waals surface area contributed by atoms with Gasteiger partial charge >= 0.3 is 22.5 Å². The van der Waals surface area contributed by atoms with Crippen LogP contribution in [0.4, 0.5) is 9.59 Å². The SMILES string of the molecule is C/C(=N\C(=O)OC(C)(C)C)N1CC[C@H](ONC(=O)[C@@H]2CC[C@@H]3CN2C(=O)N3OS(=O)(=O)O)C1. The Morgan fingerprint density at radius 1 is 1.18 bits per heavy atom. The van der Waals surface area contributed by atoms with Crippen LogP contribution in [0.15, 0.2) is 4.99 Å². The number of carbonyl (C=O) groups excluding carboxylic acids is 3. The molecule has 2 N–H and O–H groups in total. The van der Waals surface area contributed by atoms with Gasteiger partial charge in [0.1, 0.15) is 23.6 Å². The maximum absolute atomic E-state index is 12.6. The van der Waals surface area contributed by atoms with E-state index >= 15 is 0 Å². The first kappa shape index (κ1) is 25.1. The van der Waals surface area contributed by atoms with Crippen molar-refractivity contribution in [3.8, 4) is 0 Å². The second-order valence-electron chi connectivity index (χ2n) is 9.09. The van der Waals surface area contributed by atoms with Gasteiger partial charge in [0.2, 0.25) is 0 Å². The van der Waals surface area contributed by atoms with Crippen LogP contribution in [0.3, 0.4) is 0 Å². The third-order valence-electron chi connectivity index (χ3n) is 5.38. The number of hydrogen-bond acceptors (Lipinski definition) is 8. The number of aliphatic imine (C=N–C) groups is 1. The highest BCUT2D eigenvalue weighted by Crippen LogP contribution is 2.30. The first-order valence-corrected chi connectivity index (χ1v) is 11.9. The fourth-order valence-electron chi connectivity index (χ4n) is 3.92. The lowest BCUT2D eigenvalue weighted by Crippen LogP contribution is -2.50. The number of hydroxylamine groups is 3. The van der Waals surface area contributed by atoms with Crippen LogP contribution in [-0.2, 0) is 29.1 Å².